The summed E-state index contributed by atoms with van der Waals surface area (Å²) in [5, 5.41) is 1.68. The summed E-state index contributed by atoms with van der Waals surface area (Å²) >= 11 is 0. The summed E-state index contributed by atoms with van der Waals surface area (Å²) in [6, 6.07) is 11.1. The Bertz CT molecular complexity index is 850. The second-order valence-electron chi connectivity index (χ2n) is 6.82. The molecule has 6 nitrogen and oxygen atoms in total. The summed E-state index contributed by atoms with van der Waals surface area (Å²) in [6.07, 6.45) is 0. The molecule has 1 fully saturated rings. The first-order chi connectivity index (χ1) is 12.6. The molecule has 4 rings (SSSR count). The molecule has 2 aliphatic rings. The van der Waals surface area contributed by atoms with E-state index < -0.39 is 0 Å². The van der Waals surface area contributed by atoms with E-state index in [0.29, 0.717) is 37.3 Å². The maximum absolute atomic E-state index is 12.9. The molecule has 0 N–H and O–H groups in total. The van der Waals surface area contributed by atoms with Crippen LogP contribution in [0.25, 0.3) is 10.8 Å². The van der Waals surface area contributed by atoms with Gasteiger partial charge in [-0.25, -0.2) is 0 Å². The largest absolute Gasteiger partial charge is 0.340 e. The lowest BCUT2D eigenvalue weighted by Crippen LogP contribution is -2.51. The van der Waals surface area contributed by atoms with Crippen LogP contribution in [0.4, 0.5) is 0 Å². The van der Waals surface area contributed by atoms with Crippen LogP contribution in [-0.4, -0.2) is 71.7 Å². The van der Waals surface area contributed by atoms with E-state index in [1.54, 1.807) is 19.1 Å². The fourth-order valence-corrected chi connectivity index (χ4v) is 3.81. The van der Waals surface area contributed by atoms with Gasteiger partial charge < -0.3 is 4.90 Å². The van der Waals surface area contributed by atoms with Crippen LogP contribution >= 0.6 is 0 Å². The highest BCUT2D eigenvalue weighted by Crippen LogP contribution is 2.29. The lowest BCUT2D eigenvalue weighted by atomic mass is 9.94. The molecule has 6 heteroatoms. The van der Waals surface area contributed by atoms with Crippen molar-refractivity contribution >= 4 is 28.5 Å². The average molecular weight is 351 g/mol. The Hall–Kier alpha value is -2.73. The molecule has 2 heterocycles. The third-order valence-electron chi connectivity index (χ3n) is 5.31. The molecule has 2 aliphatic heterocycles. The van der Waals surface area contributed by atoms with E-state index in [4.69, 9.17) is 0 Å². The number of carbonyl (C=O) groups is 3. The molecule has 0 unspecified atom stereocenters. The normalized spacial score (nSPS) is 17.9. The van der Waals surface area contributed by atoms with Gasteiger partial charge in [-0.05, 0) is 17.5 Å². The van der Waals surface area contributed by atoms with Gasteiger partial charge in [0, 0.05) is 62.7 Å². The molecule has 3 amide bonds. The van der Waals surface area contributed by atoms with Crippen molar-refractivity contribution in [1.29, 1.82) is 0 Å². The van der Waals surface area contributed by atoms with Gasteiger partial charge in [-0.3, -0.25) is 24.2 Å². The fraction of sp³-hybridized carbons (Fsp3) is 0.350. The van der Waals surface area contributed by atoms with Crippen molar-refractivity contribution in [3.8, 4) is 0 Å². The van der Waals surface area contributed by atoms with Gasteiger partial charge in [0.25, 0.3) is 11.8 Å². The van der Waals surface area contributed by atoms with Gasteiger partial charge in [0.1, 0.15) is 0 Å². The van der Waals surface area contributed by atoms with Gasteiger partial charge in [0.2, 0.25) is 5.91 Å². The number of benzene rings is 2. The van der Waals surface area contributed by atoms with Crippen LogP contribution in [0.5, 0.6) is 0 Å². The van der Waals surface area contributed by atoms with E-state index in [9.17, 15) is 14.4 Å². The zero-order chi connectivity index (χ0) is 18.3. The molecular formula is C20H21N3O3. The van der Waals surface area contributed by atoms with Crippen molar-refractivity contribution in [1.82, 2.24) is 14.7 Å². The molecular weight excluding hydrogens is 330 g/mol. The lowest BCUT2D eigenvalue weighted by Gasteiger charge is -2.35. The number of hydrogen-bond acceptors (Lipinski definition) is 4. The highest BCUT2D eigenvalue weighted by atomic mass is 16.2. The zero-order valence-corrected chi connectivity index (χ0v) is 14.8. The van der Waals surface area contributed by atoms with Crippen LogP contribution in [0.2, 0.25) is 0 Å². The molecule has 0 radical (unpaired) electrons. The van der Waals surface area contributed by atoms with Crippen LogP contribution in [0, 0.1) is 0 Å². The maximum Gasteiger partial charge on any atom is 0.261 e. The summed E-state index contributed by atoms with van der Waals surface area (Å²) < 4.78 is 0. The van der Waals surface area contributed by atoms with E-state index in [1.807, 2.05) is 29.2 Å². The van der Waals surface area contributed by atoms with Gasteiger partial charge in [0.05, 0.1) is 0 Å². The van der Waals surface area contributed by atoms with Crippen LogP contribution in [0.15, 0.2) is 36.4 Å². The van der Waals surface area contributed by atoms with Crippen LogP contribution in [-0.2, 0) is 4.79 Å². The molecule has 26 heavy (non-hydrogen) atoms. The fourth-order valence-electron chi connectivity index (χ4n) is 3.81. The van der Waals surface area contributed by atoms with Crippen molar-refractivity contribution in [3.63, 3.8) is 0 Å². The Balaban J connectivity index is 1.50. The smallest absolute Gasteiger partial charge is 0.261 e. The summed E-state index contributed by atoms with van der Waals surface area (Å²) in [6.45, 7) is 5.49. The van der Waals surface area contributed by atoms with E-state index in [2.05, 4.69) is 4.90 Å². The first-order valence-electron chi connectivity index (χ1n) is 8.92. The topological polar surface area (TPSA) is 60.9 Å². The lowest BCUT2D eigenvalue weighted by molar-refractivity contribution is -0.130. The molecule has 134 valence electrons. The monoisotopic (exact) mass is 351 g/mol. The summed E-state index contributed by atoms with van der Waals surface area (Å²) in [4.78, 5) is 42.5. The van der Waals surface area contributed by atoms with E-state index >= 15 is 0 Å². The molecule has 1 saturated heterocycles. The van der Waals surface area contributed by atoms with E-state index in [-0.39, 0.29) is 17.7 Å². The zero-order valence-electron chi connectivity index (χ0n) is 14.8. The summed E-state index contributed by atoms with van der Waals surface area (Å²) in [7, 11) is 0. The number of piperazine rings is 1. The Kier molecular flexibility index (Phi) is 4.20. The number of nitrogens with zero attached hydrogens (tertiary/aromatic N) is 3. The third kappa shape index (κ3) is 2.76. The van der Waals surface area contributed by atoms with Crippen LogP contribution < -0.4 is 0 Å². The van der Waals surface area contributed by atoms with Crippen molar-refractivity contribution < 1.29 is 14.4 Å². The molecule has 2 aromatic rings. The average Bonchev–Trinajstić information content (AvgIpc) is 2.66. The molecule has 0 saturated carbocycles. The molecule has 0 aromatic heterocycles. The van der Waals surface area contributed by atoms with Gasteiger partial charge in [-0.1, -0.05) is 24.3 Å². The van der Waals surface area contributed by atoms with Crippen LogP contribution in [0.1, 0.15) is 27.6 Å². The minimum absolute atomic E-state index is 0.0933. The van der Waals surface area contributed by atoms with E-state index in [1.165, 1.54) is 4.90 Å². The predicted molar refractivity (Wildman–Crippen MR) is 98.0 cm³/mol. The SMILES string of the molecule is CC(=O)N1CCN(CCN2C(=O)c3cccc4cccc(c34)C2=O)CC1. The minimum atomic E-state index is -0.221. The Morgan fingerprint density at radius 1 is 0.885 bits per heavy atom. The third-order valence-corrected chi connectivity index (χ3v) is 5.31. The number of carbonyl (C=O) groups excluding carboxylic acids is 3. The van der Waals surface area contributed by atoms with Crippen LogP contribution in [0.3, 0.4) is 0 Å². The quantitative estimate of drug-likeness (QED) is 0.788. The summed E-state index contributed by atoms with van der Waals surface area (Å²) in [5.41, 5.74) is 1.19. The highest BCUT2D eigenvalue weighted by Gasteiger charge is 2.32. The molecule has 0 spiro atoms. The van der Waals surface area contributed by atoms with Gasteiger partial charge in [-0.15, -0.1) is 0 Å². The first kappa shape index (κ1) is 16.7. The molecule has 0 aliphatic carbocycles. The second-order valence-corrected chi connectivity index (χ2v) is 6.82. The number of amides is 3. The van der Waals surface area contributed by atoms with Crippen molar-refractivity contribution in [2.75, 3.05) is 39.3 Å². The molecule has 0 bridgehead atoms. The van der Waals surface area contributed by atoms with E-state index in [0.717, 1.165) is 23.9 Å². The second kappa shape index (κ2) is 6.53. The minimum Gasteiger partial charge on any atom is -0.340 e. The Morgan fingerprint density at radius 3 is 2.00 bits per heavy atom. The van der Waals surface area contributed by atoms with Crippen molar-refractivity contribution in [2.45, 2.75) is 6.92 Å². The Morgan fingerprint density at radius 2 is 1.46 bits per heavy atom. The number of rotatable bonds is 3. The Labute approximate surface area is 152 Å². The molecule has 2 aromatic carbocycles. The number of imide groups is 1. The first-order valence-corrected chi connectivity index (χ1v) is 8.92. The standard InChI is InChI=1S/C20H21N3O3/c1-14(24)22-11-8-21(9-12-22)10-13-23-19(25)16-6-2-4-15-5-3-7-17(18(15)16)20(23)26/h2-7H,8-13H2,1H3. The molecule has 0 atom stereocenters. The van der Waals surface area contributed by atoms with Gasteiger partial charge in [-0.2, -0.15) is 0 Å². The van der Waals surface area contributed by atoms with Gasteiger partial charge >= 0.3 is 0 Å². The van der Waals surface area contributed by atoms with Crippen molar-refractivity contribution in [3.05, 3.63) is 47.5 Å². The highest BCUT2D eigenvalue weighted by molar-refractivity contribution is 6.25. The maximum atomic E-state index is 12.9. The van der Waals surface area contributed by atoms with Gasteiger partial charge in [0.15, 0.2) is 0 Å². The number of hydrogen-bond donors (Lipinski definition) is 0. The summed E-state index contributed by atoms with van der Waals surface area (Å²) in [5.74, 6) is -0.348. The van der Waals surface area contributed by atoms with Crippen molar-refractivity contribution in [2.24, 2.45) is 0 Å². The predicted octanol–water partition coefficient (Wildman–Crippen LogP) is 1.60.